The van der Waals surface area contributed by atoms with E-state index in [1.54, 1.807) is 0 Å². The monoisotopic (exact) mass is 380 g/mol. The van der Waals surface area contributed by atoms with Gasteiger partial charge in [0.15, 0.2) is 5.69 Å². The van der Waals surface area contributed by atoms with Crippen molar-refractivity contribution in [2.75, 3.05) is 13.1 Å². The number of rotatable bonds is 5. The molecular formula is C23H32N4O. The number of imidazole rings is 1. The zero-order valence-electron chi connectivity index (χ0n) is 17.2. The lowest BCUT2D eigenvalue weighted by Gasteiger charge is -2.29. The Morgan fingerprint density at radius 2 is 1.93 bits per heavy atom. The van der Waals surface area contributed by atoms with E-state index < -0.39 is 0 Å². The number of nitrogens with zero attached hydrogens (tertiary/aromatic N) is 3. The molecule has 150 valence electrons. The minimum Gasteiger partial charge on any atom is -0.348 e. The number of carbonyl (C=O) groups excluding carboxylic acids is 1. The van der Waals surface area contributed by atoms with E-state index in [1.165, 1.54) is 32.1 Å². The maximum Gasteiger partial charge on any atom is 0.272 e. The molecule has 2 aromatic rings. The fourth-order valence-corrected chi connectivity index (χ4v) is 4.71. The lowest BCUT2D eigenvalue weighted by molar-refractivity contribution is 0.0911. The quantitative estimate of drug-likeness (QED) is 0.850. The van der Waals surface area contributed by atoms with Gasteiger partial charge in [-0.3, -0.25) is 9.69 Å². The van der Waals surface area contributed by atoms with Gasteiger partial charge in [-0.05, 0) is 32.2 Å². The van der Waals surface area contributed by atoms with Crippen molar-refractivity contribution in [3.05, 3.63) is 41.7 Å². The molecule has 1 N–H and O–H groups in total. The maximum atomic E-state index is 13.2. The molecule has 0 spiro atoms. The SMILES string of the molecule is CCN1CCn2c(-c3ccccc3)nc(C(=O)NC(C)C3CCCCC3)c2C1. The van der Waals surface area contributed by atoms with Gasteiger partial charge >= 0.3 is 0 Å². The summed E-state index contributed by atoms with van der Waals surface area (Å²) in [6.45, 7) is 8.00. The molecule has 1 aliphatic heterocycles. The average molecular weight is 381 g/mol. The first-order valence-corrected chi connectivity index (χ1v) is 10.9. The second kappa shape index (κ2) is 8.48. The van der Waals surface area contributed by atoms with Gasteiger partial charge < -0.3 is 9.88 Å². The highest BCUT2D eigenvalue weighted by Gasteiger charge is 2.29. The highest BCUT2D eigenvalue weighted by atomic mass is 16.2. The fraction of sp³-hybridized carbons (Fsp3) is 0.565. The number of hydrogen-bond acceptors (Lipinski definition) is 3. The molecule has 2 heterocycles. The zero-order chi connectivity index (χ0) is 19.5. The van der Waals surface area contributed by atoms with Crippen molar-refractivity contribution in [3.63, 3.8) is 0 Å². The van der Waals surface area contributed by atoms with Gasteiger partial charge in [-0.15, -0.1) is 0 Å². The van der Waals surface area contributed by atoms with Crippen molar-refractivity contribution in [1.82, 2.24) is 19.8 Å². The molecule has 1 atom stereocenters. The van der Waals surface area contributed by atoms with Crippen molar-refractivity contribution in [2.24, 2.45) is 5.92 Å². The van der Waals surface area contributed by atoms with Crippen molar-refractivity contribution in [2.45, 2.75) is 65.1 Å². The molecule has 0 saturated heterocycles. The first-order valence-electron chi connectivity index (χ1n) is 10.9. The third-order valence-corrected chi connectivity index (χ3v) is 6.50. The molecule has 1 unspecified atom stereocenters. The van der Waals surface area contributed by atoms with Crippen LogP contribution in [0, 0.1) is 5.92 Å². The molecule has 4 rings (SSSR count). The van der Waals surface area contributed by atoms with Crippen molar-refractivity contribution in [3.8, 4) is 11.4 Å². The largest absolute Gasteiger partial charge is 0.348 e. The van der Waals surface area contributed by atoms with Crippen LogP contribution in [0.4, 0.5) is 0 Å². The van der Waals surface area contributed by atoms with Gasteiger partial charge in [0.2, 0.25) is 0 Å². The molecule has 28 heavy (non-hydrogen) atoms. The molecule has 1 aromatic carbocycles. The maximum absolute atomic E-state index is 13.2. The first kappa shape index (κ1) is 19.2. The van der Waals surface area contributed by atoms with E-state index >= 15 is 0 Å². The van der Waals surface area contributed by atoms with Crippen LogP contribution in [0.25, 0.3) is 11.4 Å². The minimum atomic E-state index is -0.0121. The Labute approximate surface area is 168 Å². The second-order valence-corrected chi connectivity index (χ2v) is 8.28. The van der Waals surface area contributed by atoms with E-state index in [9.17, 15) is 4.79 Å². The first-order chi connectivity index (χ1) is 13.7. The fourth-order valence-electron chi connectivity index (χ4n) is 4.71. The molecule has 1 aliphatic carbocycles. The molecule has 5 nitrogen and oxygen atoms in total. The lowest BCUT2D eigenvalue weighted by Crippen LogP contribution is -2.40. The molecule has 2 aliphatic rings. The van der Waals surface area contributed by atoms with Crippen molar-refractivity contribution in [1.29, 1.82) is 0 Å². The molecular weight excluding hydrogens is 348 g/mol. The summed E-state index contributed by atoms with van der Waals surface area (Å²) in [4.78, 5) is 20.4. The van der Waals surface area contributed by atoms with Crippen LogP contribution in [0.1, 0.15) is 62.1 Å². The van der Waals surface area contributed by atoms with E-state index in [-0.39, 0.29) is 11.9 Å². The number of benzene rings is 1. The van der Waals surface area contributed by atoms with Gasteiger partial charge in [0.1, 0.15) is 5.82 Å². The summed E-state index contributed by atoms with van der Waals surface area (Å²) in [7, 11) is 0. The van der Waals surface area contributed by atoms with Crippen LogP contribution in [0.5, 0.6) is 0 Å². The third kappa shape index (κ3) is 3.86. The van der Waals surface area contributed by atoms with Crippen LogP contribution in [0.3, 0.4) is 0 Å². The zero-order valence-corrected chi connectivity index (χ0v) is 17.2. The number of amides is 1. The molecule has 5 heteroatoms. The molecule has 0 radical (unpaired) electrons. The summed E-state index contributed by atoms with van der Waals surface area (Å²) in [5.41, 5.74) is 2.74. The van der Waals surface area contributed by atoms with Gasteiger partial charge in [-0.2, -0.15) is 0 Å². The van der Waals surface area contributed by atoms with E-state index in [0.717, 1.165) is 43.3 Å². The Bertz CT molecular complexity index is 808. The normalized spacial score (nSPS) is 19.2. The van der Waals surface area contributed by atoms with Crippen LogP contribution >= 0.6 is 0 Å². The third-order valence-electron chi connectivity index (χ3n) is 6.50. The highest BCUT2D eigenvalue weighted by molar-refractivity contribution is 5.94. The highest BCUT2D eigenvalue weighted by Crippen LogP contribution is 2.28. The minimum absolute atomic E-state index is 0.0121. The molecule has 1 amide bonds. The van der Waals surface area contributed by atoms with Crippen LogP contribution in [0.15, 0.2) is 30.3 Å². The smallest absolute Gasteiger partial charge is 0.272 e. The molecule has 1 aromatic heterocycles. The van der Waals surface area contributed by atoms with Crippen LogP contribution in [-0.4, -0.2) is 39.5 Å². The van der Waals surface area contributed by atoms with Gasteiger partial charge in [0.25, 0.3) is 5.91 Å². The van der Waals surface area contributed by atoms with E-state index in [2.05, 4.69) is 40.8 Å². The van der Waals surface area contributed by atoms with Gasteiger partial charge in [0.05, 0.1) is 5.69 Å². The van der Waals surface area contributed by atoms with Crippen LogP contribution in [-0.2, 0) is 13.1 Å². The number of aromatic nitrogens is 2. The topological polar surface area (TPSA) is 50.2 Å². The van der Waals surface area contributed by atoms with E-state index in [1.807, 2.05) is 18.2 Å². The van der Waals surface area contributed by atoms with E-state index in [4.69, 9.17) is 4.98 Å². The Morgan fingerprint density at radius 3 is 2.64 bits per heavy atom. The number of likely N-dealkylation sites (N-methyl/N-ethyl adjacent to an activating group) is 1. The Kier molecular flexibility index (Phi) is 5.81. The molecule has 1 fully saturated rings. The summed E-state index contributed by atoms with van der Waals surface area (Å²) >= 11 is 0. The molecule has 1 saturated carbocycles. The molecule has 0 bridgehead atoms. The van der Waals surface area contributed by atoms with Gasteiger partial charge in [-0.1, -0.05) is 56.5 Å². The number of nitrogens with one attached hydrogen (secondary N) is 1. The van der Waals surface area contributed by atoms with Crippen LogP contribution in [0.2, 0.25) is 0 Å². The lowest BCUT2D eigenvalue weighted by atomic mass is 9.84. The van der Waals surface area contributed by atoms with Crippen LogP contribution < -0.4 is 5.32 Å². The van der Waals surface area contributed by atoms with Gasteiger partial charge in [-0.25, -0.2) is 4.98 Å². The van der Waals surface area contributed by atoms with E-state index in [0.29, 0.717) is 11.6 Å². The number of carbonyl (C=O) groups is 1. The van der Waals surface area contributed by atoms with Crippen molar-refractivity contribution >= 4 is 5.91 Å². The number of hydrogen-bond donors (Lipinski definition) is 1. The predicted octanol–water partition coefficient (Wildman–Crippen LogP) is 4.08. The average Bonchev–Trinajstić information content (AvgIpc) is 3.14. The standard InChI is InChI=1S/C23H32N4O/c1-3-26-14-15-27-20(16-26)21(25-22(27)19-12-8-5-9-13-19)23(28)24-17(2)18-10-6-4-7-11-18/h5,8-9,12-13,17-18H,3-4,6-7,10-11,14-16H2,1-2H3,(H,24,28). The summed E-state index contributed by atoms with van der Waals surface area (Å²) < 4.78 is 2.25. The summed E-state index contributed by atoms with van der Waals surface area (Å²) in [5.74, 6) is 1.50. The summed E-state index contributed by atoms with van der Waals surface area (Å²) in [6, 6.07) is 10.4. The Balaban J connectivity index is 1.62. The Hall–Kier alpha value is -2.14. The summed E-state index contributed by atoms with van der Waals surface area (Å²) in [5, 5.41) is 3.28. The van der Waals surface area contributed by atoms with Gasteiger partial charge in [0, 0.05) is 31.2 Å². The summed E-state index contributed by atoms with van der Waals surface area (Å²) in [6.07, 6.45) is 6.35. The number of fused-ring (bicyclic) bond motifs is 1. The van der Waals surface area contributed by atoms with Crippen molar-refractivity contribution < 1.29 is 4.79 Å². The second-order valence-electron chi connectivity index (χ2n) is 8.28. The Morgan fingerprint density at radius 1 is 1.18 bits per heavy atom. The predicted molar refractivity (Wildman–Crippen MR) is 112 cm³/mol.